The molecule has 3 aromatic carbocycles. The molecule has 148 valence electrons. The molecule has 29 heavy (non-hydrogen) atoms. The van der Waals surface area contributed by atoms with Crippen LogP contribution < -0.4 is 9.62 Å². The first-order chi connectivity index (χ1) is 13.9. The van der Waals surface area contributed by atoms with E-state index in [1.165, 1.54) is 6.07 Å². The summed E-state index contributed by atoms with van der Waals surface area (Å²) in [5.74, 6) is -1.01. The number of sulfonamides is 1. The van der Waals surface area contributed by atoms with Crippen molar-refractivity contribution >= 4 is 44.0 Å². The quantitative estimate of drug-likeness (QED) is 0.652. The lowest BCUT2D eigenvalue weighted by Crippen LogP contribution is -2.35. The first-order valence-corrected chi connectivity index (χ1v) is 10.5. The molecule has 7 nitrogen and oxygen atoms in total. The monoisotopic (exact) mass is 410 g/mol. The average molecular weight is 410 g/mol. The van der Waals surface area contributed by atoms with Crippen LogP contribution in [0, 0.1) is 0 Å². The van der Waals surface area contributed by atoms with Crippen LogP contribution in [0.1, 0.15) is 17.3 Å². The number of anilines is 2. The van der Waals surface area contributed by atoms with Gasteiger partial charge in [-0.05, 0) is 42.6 Å². The van der Waals surface area contributed by atoms with Crippen molar-refractivity contribution in [2.45, 2.75) is 11.8 Å². The summed E-state index contributed by atoms with van der Waals surface area (Å²) in [6.07, 6.45) is 0. The van der Waals surface area contributed by atoms with Crippen LogP contribution in [0.4, 0.5) is 11.4 Å². The standard InChI is InChI=1S/C21H18N2O5S/c1-2-28-21(25)15-8-3-9-16(12-15)22-19(24)13-23-17-10-4-6-14-7-5-11-18(20(14)17)29(23,26)27/h3-12H,2,13H2,1H3,(H,22,24). The smallest absolute Gasteiger partial charge is 0.338 e. The number of carbonyl (C=O) groups is 2. The Kier molecular flexibility index (Phi) is 4.71. The van der Waals surface area contributed by atoms with Gasteiger partial charge in [0.2, 0.25) is 5.91 Å². The average Bonchev–Trinajstić information content (AvgIpc) is 2.92. The van der Waals surface area contributed by atoms with E-state index in [1.54, 1.807) is 49.4 Å². The number of nitrogens with one attached hydrogen (secondary N) is 1. The molecule has 0 spiro atoms. The molecule has 0 saturated carbocycles. The minimum atomic E-state index is -3.82. The van der Waals surface area contributed by atoms with Gasteiger partial charge in [-0.1, -0.05) is 30.3 Å². The topological polar surface area (TPSA) is 92.8 Å². The number of esters is 1. The predicted octanol–water partition coefficient (Wildman–Crippen LogP) is 3.16. The zero-order valence-corrected chi connectivity index (χ0v) is 16.4. The lowest BCUT2D eigenvalue weighted by atomic mass is 10.1. The fourth-order valence-electron chi connectivity index (χ4n) is 3.40. The molecule has 0 saturated heterocycles. The number of carbonyl (C=O) groups excluding carboxylic acids is 2. The number of rotatable bonds is 5. The van der Waals surface area contributed by atoms with E-state index in [-0.39, 0.29) is 18.0 Å². The molecule has 0 bridgehead atoms. The molecular formula is C21H18N2O5S. The molecule has 0 radical (unpaired) electrons. The van der Waals surface area contributed by atoms with Gasteiger partial charge in [-0.2, -0.15) is 0 Å². The Morgan fingerprint density at radius 2 is 1.76 bits per heavy atom. The number of benzene rings is 3. The molecule has 0 atom stereocenters. The van der Waals surface area contributed by atoms with E-state index in [4.69, 9.17) is 4.74 Å². The molecule has 1 N–H and O–H groups in total. The number of amides is 1. The Morgan fingerprint density at radius 3 is 2.52 bits per heavy atom. The lowest BCUT2D eigenvalue weighted by Gasteiger charge is -2.18. The van der Waals surface area contributed by atoms with Crippen LogP contribution in [0.3, 0.4) is 0 Å². The first kappa shape index (κ1) is 18.9. The van der Waals surface area contributed by atoms with Crippen LogP contribution in [0.2, 0.25) is 0 Å². The molecular weight excluding hydrogens is 392 g/mol. The second-order valence-corrected chi connectivity index (χ2v) is 8.32. The summed E-state index contributed by atoms with van der Waals surface area (Å²) in [6.45, 7) is 1.58. The third kappa shape index (κ3) is 3.31. The second kappa shape index (κ2) is 7.21. The van der Waals surface area contributed by atoms with Gasteiger partial charge < -0.3 is 10.1 Å². The molecule has 3 aromatic rings. The van der Waals surface area contributed by atoms with Gasteiger partial charge in [0.15, 0.2) is 0 Å². The van der Waals surface area contributed by atoms with Gasteiger partial charge in [0.1, 0.15) is 6.54 Å². The maximum atomic E-state index is 13.0. The summed E-state index contributed by atoms with van der Waals surface area (Å²) < 4.78 is 32.0. The highest BCUT2D eigenvalue weighted by Gasteiger charge is 2.36. The lowest BCUT2D eigenvalue weighted by molar-refractivity contribution is -0.114. The summed E-state index contributed by atoms with van der Waals surface area (Å²) >= 11 is 0. The van der Waals surface area contributed by atoms with E-state index in [1.807, 2.05) is 12.1 Å². The summed E-state index contributed by atoms with van der Waals surface area (Å²) in [5, 5.41) is 4.07. The molecule has 1 heterocycles. The zero-order chi connectivity index (χ0) is 20.6. The number of hydrogen-bond donors (Lipinski definition) is 1. The second-order valence-electron chi connectivity index (χ2n) is 6.49. The molecule has 0 fully saturated rings. The van der Waals surface area contributed by atoms with E-state index in [0.717, 1.165) is 9.69 Å². The normalized spacial score (nSPS) is 14.0. The van der Waals surface area contributed by atoms with Crippen LogP contribution in [0.5, 0.6) is 0 Å². The van der Waals surface area contributed by atoms with Crippen molar-refractivity contribution in [3.05, 3.63) is 66.2 Å². The molecule has 1 aliphatic heterocycles. The van der Waals surface area contributed by atoms with Crippen molar-refractivity contribution in [1.29, 1.82) is 0 Å². The Bertz CT molecular complexity index is 1230. The zero-order valence-electron chi connectivity index (χ0n) is 15.6. The van der Waals surface area contributed by atoms with Crippen molar-refractivity contribution < 1.29 is 22.7 Å². The van der Waals surface area contributed by atoms with Crippen LogP contribution in [-0.2, 0) is 19.6 Å². The Balaban J connectivity index is 1.58. The summed E-state index contributed by atoms with van der Waals surface area (Å²) in [4.78, 5) is 24.7. The highest BCUT2D eigenvalue weighted by Crippen LogP contribution is 2.41. The van der Waals surface area contributed by atoms with E-state index < -0.39 is 21.9 Å². The van der Waals surface area contributed by atoms with E-state index in [9.17, 15) is 18.0 Å². The van der Waals surface area contributed by atoms with Gasteiger partial charge in [0, 0.05) is 11.1 Å². The molecule has 8 heteroatoms. The van der Waals surface area contributed by atoms with Crippen LogP contribution >= 0.6 is 0 Å². The SMILES string of the molecule is CCOC(=O)c1cccc(NC(=O)CN2c3cccc4cccc(c34)S2(=O)=O)c1. The van der Waals surface area contributed by atoms with Crippen molar-refractivity contribution in [2.24, 2.45) is 0 Å². The predicted molar refractivity (Wildman–Crippen MR) is 110 cm³/mol. The largest absolute Gasteiger partial charge is 0.462 e. The van der Waals surface area contributed by atoms with Crippen LogP contribution in [0.25, 0.3) is 10.8 Å². The van der Waals surface area contributed by atoms with Gasteiger partial charge in [0.25, 0.3) is 10.0 Å². The van der Waals surface area contributed by atoms with E-state index in [2.05, 4.69) is 5.32 Å². The third-order valence-electron chi connectivity index (χ3n) is 4.63. The molecule has 0 aliphatic carbocycles. The Labute approximate surface area is 167 Å². The fourth-order valence-corrected chi connectivity index (χ4v) is 5.06. The van der Waals surface area contributed by atoms with Crippen molar-refractivity contribution in [3.8, 4) is 0 Å². The van der Waals surface area contributed by atoms with Crippen molar-refractivity contribution in [2.75, 3.05) is 22.8 Å². The molecule has 4 rings (SSSR count). The third-order valence-corrected chi connectivity index (χ3v) is 6.43. The van der Waals surface area contributed by atoms with Crippen molar-refractivity contribution in [3.63, 3.8) is 0 Å². The number of hydrogen-bond acceptors (Lipinski definition) is 5. The number of nitrogens with zero attached hydrogens (tertiary/aromatic N) is 1. The van der Waals surface area contributed by atoms with Gasteiger partial charge >= 0.3 is 5.97 Å². The van der Waals surface area contributed by atoms with Crippen LogP contribution in [-0.4, -0.2) is 33.4 Å². The minimum Gasteiger partial charge on any atom is -0.462 e. The molecule has 0 aromatic heterocycles. The molecule has 1 amide bonds. The molecule has 1 aliphatic rings. The van der Waals surface area contributed by atoms with Gasteiger partial charge in [-0.3, -0.25) is 9.10 Å². The summed E-state index contributed by atoms with van der Waals surface area (Å²) in [7, 11) is -3.82. The van der Waals surface area contributed by atoms with Gasteiger partial charge in [-0.25, -0.2) is 13.2 Å². The van der Waals surface area contributed by atoms with E-state index in [0.29, 0.717) is 22.3 Å². The summed E-state index contributed by atoms with van der Waals surface area (Å²) in [5.41, 5.74) is 1.16. The van der Waals surface area contributed by atoms with Crippen LogP contribution in [0.15, 0.2) is 65.6 Å². The highest BCUT2D eigenvalue weighted by molar-refractivity contribution is 7.93. The number of ether oxygens (including phenoxy) is 1. The molecule has 0 unspecified atom stereocenters. The Hall–Kier alpha value is -3.39. The maximum absolute atomic E-state index is 13.0. The Morgan fingerprint density at radius 1 is 1.03 bits per heavy atom. The maximum Gasteiger partial charge on any atom is 0.338 e. The highest BCUT2D eigenvalue weighted by atomic mass is 32.2. The first-order valence-electron chi connectivity index (χ1n) is 9.03. The van der Waals surface area contributed by atoms with Gasteiger partial charge in [-0.15, -0.1) is 0 Å². The van der Waals surface area contributed by atoms with Crippen molar-refractivity contribution in [1.82, 2.24) is 0 Å². The van der Waals surface area contributed by atoms with Gasteiger partial charge in [0.05, 0.1) is 22.8 Å². The fraction of sp³-hybridized carbons (Fsp3) is 0.143. The summed E-state index contributed by atoms with van der Waals surface area (Å²) in [6, 6.07) is 16.6. The minimum absolute atomic E-state index is 0.197. The van der Waals surface area contributed by atoms with E-state index >= 15 is 0 Å².